The lowest BCUT2D eigenvalue weighted by atomic mass is 9.94. The van der Waals surface area contributed by atoms with Crippen LogP contribution in [0.15, 0.2) is 42.5 Å². The molecule has 29 heavy (non-hydrogen) atoms. The number of ketones is 1. The Balaban J connectivity index is 1.22. The van der Waals surface area contributed by atoms with Gasteiger partial charge in [0.25, 0.3) is 0 Å². The van der Waals surface area contributed by atoms with Crippen LogP contribution < -0.4 is 10.2 Å². The zero-order valence-electron chi connectivity index (χ0n) is 16.7. The minimum atomic E-state index is -0.507. The third-order valence-corrected chi connectivity index (χ3v) is 5.90. The average Bonchev–Trinajstić information content (AvgIpc) is 3.19. The van der Waals surface area contributed by atoms with E-state index in [1.165, 1.54) is 0 Å². The number of unbranched alkanes of at least 4 members (excludes halogenated alkanes) is 1. The highest BCUT2D eigenvalue weighted by Gasteiger charge is 2.31. The third kappa shape index (κ3) is 4.41. The smallest absolute Gasteiger partial charge is 0.227 e. The largest absolute Gasteiger partial charge is 0.387 e. The van der Waals surface area contributed by atoms with Gasteiger partial charge in [0.15, 0.2) is 5.78 Å². The SMILES string of the molecule is O=C(CCCCNCC(O)c1ccccc1)c1cc2c3c(c1)CCN3C(=O)CC2. The van der Waals surface area contributed by atoms with Gasteiger partial charge in [-0.25, -0.2) is 0 Å². The predicted octanol–water partition coefficient (Wildman–Crippen LogP) is 3.20. The summed E-state index contributed by atoms with van der Waals surface area (Å²) in [4.78, 5) is 26.6. The van der Waals surface area contributed by atoms with Crippen LogP contribution in [0.5, 0.6) is 0 Å². The number of hydrogen-bond donors (Lipinski definition) is 2. The zero-order valence-corrected chi connectivity index (χ0v) is 16.7. The van der Waals surface area contributed by atoms with Crippen LogP contribution in [0, 0.1) is 0 Å². The van der Waals surface area contributed by atoms with Gasteiger partial charge in [-0.3, -0.25) is 9.59 Å². The number of Topliss-reactive ketones (excluding diaryl/α,β-unsaturated/α-hetero) is 1. The molecule has 2 aromatic rings. The molecule has 2 N–H and O–H groups in total. The van der Waals surface area contributed by atoms with Crippen molar-refractivity contribution in [3.8, 4) is 0 Å². The van der Waals surface area contributed by atoms with Gasteiger partial charge in [-0.1, -0.05) is 30.3 Å². The van der Waals surface area contributed by atoms with Crippen LogP contribution in [-0.4, -0.2) is 36.4 Å². The number of aryl methyl sites for hydroxylation is 1. The summed E-state index contributed by atoms with van der Waals surface area (Å²) in [7, 11) is 0. The van der Waals surface area contributed by atoms with Gasteiger partial charge >= 0.3 is 0 Å². The summed E-state index contributed by atoms with van der Waals surface area (Å²) in [5.41, 5.74) is 5.08. The number of carbonyl (C=O) groups excluding carboxylic acids is 2. The van der Waals surface area contributed by atoms with E-state index in [0.717, 1.165) is 66.7 Å². The number of hydrogen-bond acceptors (Lipinski definition) is 4. The summed E-state index contributed by atoms with van der Waals surface area (Å²) in [5.74, 6) is 0.393. The topological polar surface area (TPSA) is 69.6 Å². The van der Waals surface area contributed by atoms with Crippen molar-refractivity contribution in [2.45, 2.75) is 44.6 Å². The Morgan fingerprint density at radius 3 is 2.62 bits per heavy atom. The Morgan fingerprint density at radius 1 is 1.07 bits per heavy atom. The molecule has 0 fully saturated rings. The molecule has 1 amide bonds. The molecule has 0 bridgehead atoms. The molecule has 152 valence electrons. The first-order valence-corrected chi connectivity index (χ1v) is 10.6. The monoisotopic (exact) mass is 392 g/mol. The van der Waals surface area contributed by atoms with E-state index in [4.69, 9.17) is 0 Å². The number of amides is 1. The average molecular weight is 392 g/mol. The number of carbonyl (C=O) groups is 2. The van der Waals surface area contributed by atoms with Crippen molar-refractivity contribution < 1.29 is 14.7 Å². The van der Waals surface area contributed by atoms with E-state index < -0.39 is 6.10 Å². The maximum absolute atomic E-state index is 12.7. The summed E-state index contributed by atoms with van der Waals surface area (Å²) in [6.07, 6.45) is 3.88. The van der Waals surface area contributed by atoms with E-state index in [0.29, 0.717) is 19.4 Å². The Labute approximate surface area is 171 Å². The second-order valence-electron chi connectivity index (χ2n) is 7.95. The lowest BCUT2D eigenvalue weighted by molar-refractivity contribution is -0.118. The number of anilines is 1. The van der Waals surface area contributed by atoms with Crippen molar-refractivity contribution in [1.82, 2.24) is 5.32 Å². The lowest BCUT2D eigenvalue weighted by Gasteiger charge is -2.25. The van der Waals surface area contributed by atoms with Gasteiger partial charge in [0.1, 0.15) is 0 Å². The third-order valence-electron chi connectivity index (χ3n) is 5.90. The molecular formula is C24H28N2O3. The minimum absolute atomic E-state index is 0.184. The zero-order chi connectivity index (χ0) is 20.2. The molecule has 0 aliphatic carbocycles. The Bertz CT molecular complexity index is 894. The van der Waals surface area contributed by atoms with Crippen molar-refractivity contribution in [3.63, 3.8) is 0 Å². The van der Waals surface area contributed by atoms with E-state index in [1.807, 2.05) is 47.4 Å². The number of aliphatic hydroxyl groups is 1. The van der Waals surface area contributed by atoms with Crippen LogP contribution in [0.3, 0.4) is 0 Å². The van der Waals surface area contributed by atoms with Crippen LogP contribution >= 0.6 is 0 Å². The van der Waals surface area contributed by atoms with E-state index in [2.05, 4.69) is 5.32 Å². The summed E-state index contributed by atoms with van der Waals surface area (Å²) in [5, 5.41) is 13.4. The molecule has 0 saturated heterocycles. The van der Waals surface area contributed by atoms with E-state index in [1.54, 1.807) is 0 Å². The van der Waals surface area contributed by atoms with E-state index >= 15 is 0 Å². The van der Waals surface area contributed by atoms with Gasteiger partial charge in [0.2, 0.25) is 5.91 Å². The molecule has 5 heteroatoms. The van der Waals surface area contributed by atoms with Crippen LogP contribution in [0.2, 0.25) is 0 Å². The van der Waals surface area contributed by atoms with Crippen LogP contribution in [0.1, 0.15) is 58.8 Å². The van der Waals surface area contributed by atoms with Crippen LogP contribution in [0.25, 0.3) is 0 Å². The normalized spacial score (nSPS) is 16.0. The highest BCUT2D eigenvalue weighted by atomic mass is 16.3. The number of benzene rings is 2. The second kappa shape index (κ2) is 8.89. The van der Waals surface area contributed by atoms with Gasteiger partial charge in [-0.15, -0.1) is 0 Å². The number of aliphatic hydroxyl groups excluding tert-OH is 1. The summed E-state index contributed by atoms with van der Waals surface area (Å²) in [6, 6.07) is 13.6. The highest BCUT2D eigenvalue weighted by Crippen LogP contribution is 2.37. The summed E-state index contributed by atoms with van der Waals surface area (Å²) >= 11 is 0. The van der Waals surface area contributed by atoms with Crippen molar-refractivity contribution in [3.05, 3.63) is 64.7 Å². The predicted molar refractivity (Wildman–Crippen MR) is 113 cm³/mol. The summed E-state index contributed by atoms with van der Waals surface area (Å²) < 4.78 is 0. The van der Waals surface area contributed by atoms with E-state index in [9.17, 15) is 14.7 Å². The molecular weight excluding hydrogens is 364 g/mol. The molecule has 0 radical (unpaired) electrons. The van der Waals surface area contributed by atoms with Gasteiger partial charge in [-0.2, -0.15) is 0 Å². The van der Waals surface area contributed by atoms with Crippen molar-refractivity contribution in [2.24, 2.45) is 0 Å². The second-order valence-corrected chi connectivity index (χ2v) is 7.95. The molecule has 1 atom stereocenters. The maximum Gasteiger partial charge on any atom is 0.227 e. The van der Waals surface area contributed by atoms with Crippen molar-refractivity contribution in [1.29, 1.82) is 0 Å². The maximum atomic E-state index is 12.7. The number of rotatable bonds is 9. The highest BCUT2D eigenvalue weighted by molar-refractivity contribution is 6.02. The molecule has 1 unspecified atom stereocenters. The fraction of sp³-hybridized carbons (Fsp3) is 0.417. The molecule has 4 rings (SSSR count). The number of nitrogens with zero attached hydrogens (tertiary/aromatic N) is 1. The standard InChI is InChI=1S/C24H28N2O3/c27-21(8-4-5-12-25-16-22(28)17-6-2-1-3-7-17)20-14-18-9-10-23(29)26-13-11-19(15-20)24(18)26/h1-3,6-7,14-15,22,25,28H,4-5,8-13,16H2. The first kappa shape index (κ1) is 19.8. The van der Waals surface area contributed by atoms with E-state index in [-0.39, 0.29) is 11.7 Å². The minimum Gasteiger partial charge on any atom is -0.387 e. The first-order valence-electron chi connectivity index (χ1n) is 10.6. The molecule has 2 heterocycles. The van der Waals surface area contributed by atoms with Gasteiger partial charge in [0.05, 0.1) is 11.8 Å². The molecule has 2 aliphatic heterocycles. The van der Waals surface area contributed by atoms with Gasteiger partial charge in [0, 0.05) is 31.5 Å². The molecule has 5 nitrogen and oxygen atoms in total. The van der Waals surface area contributed by atoms with Crippen LogP contribution in [-0.2, 0) is 17.6 Å². The van der Waals surface area contributed by atoms with Crippen molar-refractivity contribution >= 4 is 17.4 Å². The molecule has 2 aliphatic rings. The quantitative estimate of drug-likeness (QED) is 0.508. The Hall–Kier alpha value is -2.50. The summed E-state index contributed by atoms with van der Waals surface area (Å²) in [6.45, 7) is 2.05. The fourth-order valence-electron chi connectivity index (χ4n) is 4.33. The molecule has 0 aromatic heterocycles. The Kier molecular flexibility index (Phi) is 6.07. The molecule has 0 saturated carbocycles. The van der Waals surface area contributed by atoms with Gasteiger partial charge < -0.3 is 15.3 Å². The van der Waals surface area contributed by atoms with Gasteiger partial charge in [-0.05, 0) is 61.1 Å². The Morgan fingerprint density at radius 2 is 1.83 bits per heavy atom. The fourth-order valence-corrected chi connectivity index (χ4v) is 4.33. The first-order chi connectivity index (χ1) is 14.1. The van der Waals surface area contributed by atoms with Crippen LogP contribution in [0.4, 0.5) is 5.69 Å². The van der Waals surface area contributed by atoms with Crippen molar-refractivity contribution in [2.75, 3.05) is 24.5 Å². The lowest BCUT2D eigenvalue weighted by Crippen LogP contribution is -2.32. The number of nitrogens with one attached hydrogen (secondary N) is 1. The molecule has 2 aromatic carbocycles. The molecule has 0 spiro atoms.